The van der Waals surface area contributed by atoms with Crippen LogP contribution in [0.25, 0.3) is 0 Å². The van der Waals surface area contributed by atoms with Crippen molar-refractivity contribution in [2.75, 3.05) is 13.2 Å². The van der Waals surface area contributed by atoms with E-state index in [2.05, 4.69) is 26.0 Å². The second kappa shape index (κ2) is 39.3. The van der Waals surface area contributed by atoms with Crippen LogP contribution in [0.4, 0.5) is 0 Å². The van der Waals surface area contributed by atoms with Crippen LogP contribution in [-0.4, -0.2) is 98.3 Å². The summed E-state index contributed by atoms with van der Waals surface area (Å²) in [4.78, 5) is 35.7. The number of hydrogen-bond donors (Lipinski definition) is 6. The van der Waals surface area contributed by atoms with Crippen LogP contribution in [0.1, 0.15) is 206 Å². The SMILES string of the molecule is CC/C=C/C=C/C=C/CCCCCCCC(=O)OC(COC(=O)CCCCCCCCCCCCCCCCCCCCCCC)COP(=O)(O)OC1C(O)C(O)C(O)[C@H](O)C1O. The van der Waals surface area contributed by atoms with Crippen molar-refractivity contribution in [3.8, 4) is 0 Å². The fourth-order valence-electron chi connectivity index (χ4n) is 7.58. The summed E-state index contributed by atoms with van der Waals surface area (Å²) in [5.41, 5.74) is 0. The number of unbranched alkanes of at least 4 members (excludes halogenated alkanes) is 25. The van der Waals surface area contributed by atoms with Crippen molar-refractivity contribution < 1.29 is 63.1 Å². The standard InChI is InChI=1S/C49H89O13P/c1-3-5-7-9-11-13-15-17-18-19-20-21-22-23-24-26-27-29-31-33-35-37-42(50)59-39-41(40-60-63(57,58)62-49-47(55)45(53)44(52)46(54)48(49)56)61-43(51)38-36-34-32-30-28-25-16-14-12-10-8-6-4-2/h6,8,10,12,14,16,41,44-49,52-56H,3-5,7,9,11,13,15,17-40H2,1-2H3,(H,57,58)/b8-6+,12-10+,16-14+/t41?,44?,45-,46?,47?,48?,49?/m0/s1. The average molecular weight is 917 g/mol. The Morgan fingerprint density at radius 1 is 0.508 bits per heavy atom. The fourth-order valence-corrected chi connectivity index (χ4v) is 8.56. The van der Waals surface area contributed by atoms with Crippen molar-refractivity contribution >= 4 is 19.8 Å². The van der Waals surface area contributed by atoms with Crippen molar-refractivity contribution in [2.45, 2.75) is 249 Å². The number of rotatable bonds is 41. The highest BCUT2D eigenvalue weighted by atomic mass is 31.2. The van der Waals surface area contributed by atoms with Gasteiger partial charge in [0.05, 0.1) is 6.61 Å². The van der Waals surface area contributed by atoms with Crippen LogP contribution in [-0.2, 0) is 32.7 Å². The van der Waals surface area contributed by atoms with Crippen molar-refractivity contribution in [3.05, 3.63) is 36.5 Å². The molecule has 1 fully saturated rings. The molecule has 0 spiro atoms. The third-order valence-electron chi connectivity index (χ3n) is 11.6. The fraction of sp³-hybridized carbons (Fsp3) is 0.837. The number of phosphoric ester groups is 1. The molecule has 0 bridgehead atoms. The predicted octanol–water partition coefficient (Wildman–Crippen LogP) is 10.2. The van der Waals surface area contributed by atoms with Gasteiger partial charge in [0.25, 0.3) is 0 Å². The lowest BCUT2D eigenvalue weighted by molar-refractivity contribution is -0.220. The van der Waals surface area contributed by atoms with E-state index >= 15 is 0 Å². The molecule has 63 heavy (non-hydrogen) atoms. The van der Waals surface area contributed by atoms with E-state index < -0.39 is 75.7 Å². The first kappa shape index (κ1) is 59.1. The van der Waals surface area contributed by atoms with E-state index in [1.54, 1.807) is 0 Å². The summed E-state index contributed by atoms with van der Waals surface area (Å²) in [6, 6.07) is 0. The van der Waals surface area contributed by atoms with Crippen molar-refractivity contribution in [1.82, 2.24) is 0 Å². The van der Waals surface area contributed by atoms with Gasteiger partial charge in [0, 0.05) is 12.8 Å². The van der Waals surface area contributed by atoms with Crippen LogP contribution >= 0.6 is 7.82 Å². The molecule has 0 amide bonds. The summed E-state index contributed by atoms with van der Waals surface area (Å²) in [5, 5.41) is 50.2. The largest absolute Gasteiger partial charge is 0.472 e. The number of phosphoric acid groups is 1. The van der Waals surface area contributed by atoms with Crippen LogP contribution in [0.2, 0.25) is 0 Å². The number of aliphatic hydroxyl groups is 5. The molecule has 6 N–H and O–H groups in total. The Morgan fingerprint density at radius 3 is 1.37 bits per heavy atom. The second-order valence-corrected chi connectivity index (χ2v) is 18.8. The van der Waals surface area contributed by atoms with E-state index in [0.717, 1.165) is 57.8 Å². The first-order valence-corrected chi connectivity index (χ1v) is 26.3. The number of ether oxygens (including phenoxy) is 2. The zero-order chi connectivity index (χ0) is 46.4. The molecule has 0 aliphatic heterocycles. The highest BCUT2D eigenvalue weighted by Crippen LogP contribution is 2.47. The van der Waals surface area contributed by atoms with Crippen LogP contribution in [0.5, 0.6) is 0 Å². The van der Waals surface area contributed by atoms with Gasteiger partial charge in [-0.1, -0.05) is 198 Å². The van der Waals surface area contributed by atoms with Crippen molar-refractivity contribution in [1.29, 1.82) is 0 Å². The molecule has 1 aliphatic carbocycles. The maximum Gasteiger partial charge on any atom is 0.472 e. The quantitative estimate of drug-likeness (QED) is 0.0146. The molecule has 0 aromatic carbocycles. The molecule has 13 nitrogen and oxygen atoms in total. The van der Waals surface area contributed by atoms with E-state index in [-0.39, 0.29) is 12.8 Å². The molecule has 368 valence electrons. The van der Waals surface area contributed by atoms with Gasteiger partial charge < -0.3 is 39.9 Å². The molecule has 14 heteroatoms. The molecule has 8 atom stereocenters. The van der Waals surface area contributed by atoms with Crippen LogP contribution in [0.15, 0.2) is 36.5 Å². The molecule has 7 unspecified atom stereocenters. The second-order valence-electron chi connectivity index (χ2n) is 17.4. The number of carbonyl (C=O) groups excluding carboxylic acids is 2. The Hall–Kier alpha value is -1.93. The minimum absolute atomic E-state index is 0.0751. The van der Waals surface area contributed by atoms with Gasteiger partial charge in [-0.3, -0.25) is 18.6 Å². The van der Waals surface area contributed by atoms with Gasteiger partial charge in [0.1, 0.15) is 43.2 Å². The van der Waals surface area contributed by atoms with Gasteiger partial charge in [0.15, 0.2) is 6.10 Å². The third kappa shape index (κ3) is 31.6. The summed E-state index contributed by atoms with van der Waals surface area (Å²) in [6.07, 6.45) is 32.1. The van der Waals surface area contributed by atoms with Crippen LogP contribution in [0.3, 0.4) is 0 Å². The molecule has 1 saturated carbocycles. The van der Waals surface area contributed by atoms with E-state index in [9.17, 15) is 44.6 Å². The lowest BCUT2D eigenvalue weighted by atomic mass is 9.85. The highest BCUT2D eigenvalue weighted by Gasteiger charge is 2.51. The monoisotopic (exact) mass is 917 g/mol. The average Bonchev–Trinajstić information content (AvgIpc) is 3.26. The lowest BCUT2D eigenvalue weighted by Crippen LogP contribution is -2.64. The van der Waals surface area contributed by atoms with E-state index in [1.165, 1.54) is 109 Å². The molecule has 0 aromatic heterocycles. The highest BCUT2D eigenvalue weighted by molar-refractivity contribution is 7.47. The summed E-state index contributed by atoms with van der Waals surface area (Å²) in [5.74, 6) is -1.12. The van der Waals surface area contributed by atoms with Crippen LogP contribution < -0.4 is 0 Å². The lowest BCUT2D eigenvalue weighted by Gasteiger charge is -2.41. The number of aliphatic hydroxyl groups excluding tert-OH is 5. The molecular formula is C49H89O13P. The molecule has 0 heterocycles. The number of allylic oxidation sites excluding steroid dienone is 6. The molecule has 0 radical (unpaired) electrons. The zero-order valence-electron chi connectivity index (χ0n) is 39.1. The minimum Gasteiger partial charge on any atom is -0.462 e. The number of esters is 2. The van der Waals surface area contributed by atoms with Gasteiger partial charge >= 0.3 is 19.8 Å². The minimum atomic E-state index is -5.12. The Kier molecular flexibility index (Phi) is 36.8. The maximum atomic E-state index is 12.8. The molecule has 0 aromatic rings. The van der Waals surface area contributed by atoms with Crippen molar-refractivity contribution in [2.24, 2.45) is 0 Å². The number of carbonyl (C=O) groups is 2. The summed E-state index contributed by atoms with van der Waals surface area (Å²) >= 11 is 0. The first-order chi connectivity index (χ1) is 30.4. The predicted molar refractivity (Wildman–Crippen MR) is 249 cm³/mol. The maximum absolute atomic E-state index is 12.8. The van der Waals surface area contributed by atoms with Gasteiger partial charge in [-0.15, -0.1) is 0 Å². The molecule has 1 aliphatic rings. The molecule has 0 saturated heterocycles. The molecule has 1 rings (SSSR count). The van der Waals surface area contributed by atoms with Crippen LogP contribution in [0, 0.1) is 0 Å². The topological polar surface area (TPSA) is 210 Å². The summed E-state index contributed by atoms with van der Waals surface area (Å²) in [7, 11) is -5.12. The smallest absolute Gasteiger partial charge is 0.462 e. The third-order valence-corrected chi connectivity index (χ3v) is 12.5. The Bertz CT molecular complexity index is 1240. The Morgan fingerprint density at radius 2 is 0.905 bits per heavy atom. The van der Waals surface area contributed by atoms with Gasteiger partial charge in [-0.25, -0.2) is 4.57 Å². The van der Waals surface area contributed by atoms with E-state index in [1.807, 2.05) is 24.3 Å². The Labute approximate surface area is 380 Å². The van der Waals surface area contributed by atoms with Gasteiger partial charge in [-0.2, -0.15) is 0 Å². The van der Waals surface area contributed by atoms with Gasteiger partial charge in [-0.05, 0) is 32.1 Å². The molecular weight excluding hydrogens is 828 g/mol. The zero-order valence-corrected chi connectivity index (χ0v) is 40.0. The number of hydrogen-bond acceptors (Lipinski definition) is 12. The first-order valence-electron chi connectivity index (χ1n) is 24.8. The Balaban J connectivity index is 2.37. The summed E-state index contributed by atoms with van der Waals surface area (Å²) < 4.78 is 33.5. The normalized spacial score (nSPS) is 22.0. The van der Waals surface area contributed by atoms with E-state index in [0.29, 0.717) is 12.8 Å². The van der Waals surface area contributed by atoms with E-state index in [4.69, 9.17) is 18.5 Å². The summed E-state index contributed by atoms with van der Waals surface area (Å²) in [6.45, 7) is 3.17. The van der Waals surface area contributed by atoms with Crippen molar-refractivity contribution in [3.63, 3.8) is 0 Å². The van der Waals surface area contributed by atoms with Gasteiger partial charge in [0.2, 0.25) is 0 Å².